The highest BCUT2D eigenvalue weighted by Gasteiger charge is 2.20. The number of Topliss-reactive ketones (excluding diaryl/α,β-unsaturated/α-hetero) is 1. The molecule has 11 heavy (non-hydrogen) atoms. The van der Waals surface area contributed by atoms with E-state index in [1.54, 1.807) is 0 Å². The standard InChI is InChI=1S/C7H9ClO3/c8-7(10)11-6-3-1-5(9)2-4-6/h6H,1-4H2. The molecule has 3 nitrogen and oxygen atoms in total. The average Bonchev–Trinajstić information content (AvgIpc) is 1.93. The summed E-state index contributed by atoms with van der Waals surface area (Å²) < 4.78 is 4.71. The SMILES string of the molecule is O=C1CCC(OC(=O)Cl)CC1. The summed E-state index contributed by atoms with van der Waals surface area (Å²) in [4.78, 5) is 21.0. The highest BCUT2D eigenvalue weighted by molar-refractivity contribution is 6.61. The number of ether oxygens (including phenoxy) is 1. The van der Waals surface area contributed by atoms with Crippen molar-refractivity contribution in [2.45, 2.75) is 31.8 Å². The van der Waals surface area contributed by atoms with Crippen LogP contribution >= 0.6 is 11.6 Å². The number of ketones is 1. The largest absolute Gasteiger partial charge is 0.450 e. The lowest BCUT2D eigenvalue weighted by molar-refractivity contribution is -0.121. The second-order valence-electron chi connectivity index (χ2n) is 2.59. The maximum absolute atomic E-state index is 10.7. The molecule has 1 saturated carbocycles. The average molecular weight is 177 g/mol. The Hall–Kier alpha value is -0.570. The second kappa shape index (κ2) is 3.72. The van der Waals surface area contributed by atoms with Crippen LogP contribution in [0.15, 0.2) is 0 Å². The number of rotatable bonds is 1. The molecule has 0 unspecified atom stereocenters. The smallest absolute Gasteiger partial charge is 0.404 e. The van der Waals surface area contributed by atoms with Gasteiger partial charge in [0.15, 0.2) is 0 Å². The van der Waals surface area contributed by atoms with Crippen LogP contribution in [0.3, 0.4) is 0 Å². The monoisotopic (exact) mass is 176 g/mol. The van der Waals surface area contributed by atoms with E-state index in [0.717, 1.165) is 0 Å². The van der Waals surface area contributed by atoms with Crippen molar-refractivity contribution >= 4 is 22.8 Å². The lowest BCUT2D eigenvalue weighted by Crippen LogP contribution is -2.22. The summed E-state index contributed by atoms with van der Waals surface area (Å²) in [5, 5.41) is 0. The first-order chi connectivity index (χ1) is 5.18. The van der Waals surface area contributed by atoms with Gasteiger partial charge in [-0.3, -0.25) is 4.79 Å². The van der Waals surface area contributed by atoms with Gasteiger partial charge in [-0.15, -0.1) is 0 Å². The van der Waals surface area contributed by atoms with Crippen LogP contribution < -0.4 is 0 Å². The molecule has 0 atom stereocenters. The van der Waals surface area contributed by atoms with Gasteiger partial charge < -0.3 is 4.74 Å². The molecule has 0 amide bonds. The summed E-state index contributed by atoms with van der Waals surface area (Å²) in [6, 6.07) is 0. The highest BCUT2D eigenvalue weighted by atomic mass is 35.5. The maximum Gasteiger partial charge on any atom is 0.404 e. The third kappa shape index (κ3) is 2.89. The Kier molecular flexibility index (Phi) is 2.88. The van der Waals surface area contributed by atoms with Crippen molar-refractivity contribution in [3.05, 3.63) is 0 Å². The Bertz CT molecular complexity index is 169. The second-order valence-corrected chi connectivity index (χ2v) is 2.90. The number of hydrogen-bond acceptors (Lipinski definition) is 3. The third-order valence-electron chi connectivity index (χ3n) is 1.75. The molecular formula is C7H9ClO3. The molecule has 0 aromatic rings. The molecule has 1 aliphatic rings. The molecule has 1 aliphatic carbocycles. The zero-order valence-corrected chi connectivity index (χ0v) is 6.76. The number of hydrogen-bond donors (Lipinski definition) is 0. The van der Waals surface area contributed by atoms with E-state index in [2.05, 4.69) is 0 Å². The van der Waals surface area contributed by atoms with Gasteiger partial charge in [0.25, 0.3) is 0 Å². The van der Waals surface area contributed by atoms with Gasteiger partial charge in [-0.2, -0.15) is 0 Å². The van der Waals surface area contributed by atoms with Crippen LogP contribution in [0.2, 0.25) is 0 Å². The van der Waals surface area contributed by atoms with Crippen LogP contribution in [0.25, 0.3) is 0 Å². The van der Waals surface area contributed by atoms with Crippen molar-refractivity contribution in [3.63, 3.8) is 0 Å². The molecule has 1 rings (SSSR count). The molecule has 0 aromatic heterocycles. The first-order valence-corrected chi connectivity index (χ1v) is 3.94. The third-order valence-corrected chi connectivity index (χ3v) is 1.84. The van der Waals surface area contributed by atoms with Crippen molar-refractivity contribution in [1.29, 1.82) is 0 Å². The molecule has 4 heteroatoms. The van der Waals surface area contributed by atoms with Crippen molar-refractivity contribution < 1.29 is 14.3 Å². The molecular weight excluding hydrogens is 168 g/mol. The van der Waals surface area contributed by atoms with Gasteiger partial charge in [0.2, 0.25) is 0 Å². The van der Waals surface area contributed by atoms with Crippen LogP contribution in [-0.4, -0.2) is 17.3 Å². The minimum atomic E-state index is -0.774. The molecule has 0 bridgehead atoms. The fourth-order valence-corrected chi connectivity index (χ4v) is 1.29. The minimum Gasteiger partial charge on any atom is -0.450 e. The fourth-order valence-electron chi connectivity index (χ4n) is 1.16. The predicted molar refractivity (Wildman–Crippen MR) is 39.6 cm³/mol. The predicted octanol–water partition coefficient (Wildman–Crippen LogP) is 1.87. The van der Waals surface area contributed by atoms with E-state index in [4.69, 9.17) is 16.3 Å². The van der Waals surface area contributed by atoms with E-state index in [0.29, 0.717) is 25.7 Å². The first-order valence-electron chi connectivity index (χ1n) is 3.56. The lowest BCUT2D eigenvalue weighted by Gasteiger charge is -2.19. The van der Waals surface area contributed by atoms with Gasteiger partial charge in [0.05, 0.1) is 0 Å². The topological polar surface area (TPSA) is 43.4 Å². The van der Waals surface area contributed by atoms with E-state index < -0.39 is 5.43 Å². The molecule has 0 N–H and O–H groups in total. The molecule has 62 valence electrons. The summed E-state index contributed by atoms with van der Waals surface area (Å²) >= 11 is 5.00. The Balaban J connectivity index is 2.28. The highest BCUT2D eigenvalue weighted by Crippen LogP contribution is 2.18. The van der Waals surface area contributed by atoms with E-state index >= 15 is 0 Å². The first kappa shape index (κ1) is 8.53. The molecule has 0 spiro atoms. The normalized spacial score (nSPS) is 19.9. The molecule has 1 fully saturated rings. The number of halogens is 1. The van der Waals surface area contributed by atoms with Crippen molar-refractivity contribution in [2.75, 3.05) is 0 Å². The van der Waals surface area contributed by atoms with E-state index in [-0.39, 0.29) is 11.9 Å². The Labute approximate surface area is 69.7 Å². The van der Waals surface area contributed by atoms with Gasteiger partial charge in [0.1, 0.15) is 11.9 Å². The van der Waals surface area contributed by atoms with E-state index in [1.165, 1.54) is 0 Å². The van der Waals surface area contributed by atoms with Crippen LogP contribution in [0.4, 0.5) is 4.79 Å². The lowest BCUT2D eigenvalue weighted by atomic mass is 9.97. The van der Waals surface area contributed by atoms with Gasteiger partial charge in [-0.25, -0.2) is 4.79 Å². The summed E-state index contributed by atoms with van der Waals surface area (Å²) in [6.45, 7) is 0. The summed E-state index contributed by atoms with van der Waals surface area (Å²) in [6.07, 6.45) is 2.12. The Morgan fingerprint density at radius 2 is 2.00 bits per heavy atom. The van der Waals surface area contributed by atoms with Crippen LogP contribution in [0.5, 0.6) is 0 Å². The fraction of sp³-hybridized carbons (Fsp3) is 0.714. The van der Waals surface area contributed by atoms with Gasteiger partial charge in [-0.1, -0.05) is 0 Å². The minimum absolute atomic E-state index is 0.141. The molecule has 0 aliphatic heterocycles. The van der Waals surface area contributed by atoms with Gasteiger partial charge >= 0.3 is 5.43 Å². The van der Waals surface area contributed by atoms with E-state index in [9.17, 15) is 9.59 Å². The zero-order chi connectivity index (χ0) is 8.27. The number of carbonyl (C=O) groups is 2. The Morgan fingerprint density at radius 3 is 2.45 bits per heavy atom. The van der Waals surface area contributed by atoms with Gasteiger partial charge in [-0.05, 0) is 12.8 Å². The Morgan fingerprint density at radius 1 is 1.45 bits per heavy atom. The zero-order valence-electron chi connectivity index (χ0n) is 6.01. The molecule has 0 heterocycles. The molecule has 0 aromatic carbocycles. The van der Waals surface area contributed by atoms with Crippen LogP contribution in [0, 0.1) is 0 Å². The quantitative estimate of drug-likeness (QED) is 0.573. The van der Waals surface area contributed by atoms with Crippen molar-refractivity contribution in [2.24, 2.45) is 0 Å². The molecule has 0 radical (unpaired) electrons. The van der Waals surface area contributed by atoms with E-state index in [1.807, 2.05) is 0 Å². The summed E-state index contributed by atoms with van der Waals surface area (Å²) in [5.74, 6) is 0.242. The number of carbonyl (C=O) groups excluding carboxylic acids is 2. The van der Waals surface area contributed by atoms with Crippen LogP contribution in [-0.2, 0) is 9.53 Å². The van der Waals surface area contributed by atoms with Crippen molar-refractivity contribution in [3.8, 4) is 0 Å². The van der Waals surface area contributed by atoms with Crippen molar-refractivity contribution in [1.82, 2.24) is 0 Å². The van der Waals surface area contributed by atoms with Gasteiger partial charge in [0, 0.05) is 24.4 Å². The summed E-state index contributed by atoms with van der Waals surface area (Å²) in [5.41, 5.74) is -0.774. The molecule has 0 saturated heterocycles. The maximum atomic E-state index is 10.7. The van der Waals surface area contributed by atoms with Crippen LogP contribution in [0.1, 0.15) is 25.7 Å². The summed E-state index contributed by atoms with van der Waals surface area (Å²) in [7, 11) is 0.